The van der Waals surface area contributed by atoms with Crippen molar-refractivity contribution in [3.63, 3.8) is 0 Å². The third kappa shape index (κ3) is 4.23. The molecule has 2 atom stereocenters. The van der Waals surface area contributed by atoms with Crippen LogP contribution in [0.25, 0.3) is 32.9 Å². The highest BCUT2D eigenvalue weighted by molar-refractivity contribution is 6.02. The zero-order chi connectivity index (χ0) is 29.2. The summed E-state index contributed by atoms with van der Waals surface area (Å²) < 4.78 is 56.7. The number of halogens is 3. The van der Waals surface area contributed by atoms with Gasteiger partial charge in [-0.25, -0.2) is 13.2 Å². The van der Waals surface area contributed by atoms with E-state index in [9.17, 15) is 18.7 Å². The number of terminal acetylenes is 1. The van der Waals surface area contributed by atoms with Crippen LogP contribution in [0.3, 0.4) is 0 Å². The molecule has 42 heavy (non-hydrogen) atoms. The van der Waals surface area contributed by atoms with E-state index in [1.165, 1.54) is 18.2 Å². The van der Waals surface area contributed by atoms with Crippen molar-refractivity contribution >= 4 is 27.5 Å². The maximum absolute atomic E-state index is 16.5. The number of rotatable bonds is 6. The third-order valence-corrected chi connectivity index (χ3v) is 8.46. The van der Waals surface area contributed by atoms with Crippen LogP contribution in [0.4, 0.5) is 19.0 Å². The summed E-state index contributed by atoms with van der Waals surface area (Å²) in [5.41, 5.74) is -2.06. The molecule has 0 radical (unpaired) electrons. The quantitative estimate of drug-likeness (QED) is 0.296. The standard InChI is InChI=1S/C30H26F3N5O4/c1-2-19-21(32)5-4-15-8-18(39)9-20(22(15)19)25-24(33)26-23(28(40)35-25)27(34-17-12-41-13-17)37-29(36-26)42-14-30-6-3-7-38(30)11-16(31)10-30/h1,4-5,8-9,16-17,39H,3,6-7,10-14H2,(H,35,40)(H,34,36,37)/t16-,30+/m1/s1. The molecular weight excluding hydrogens is 551 g/mol. The Balaban J connectivity index is 1.39. The second-order valence-corrected chi connectivity index (χ2v) is 11.1. The highest BCUT2D eigenvalue weighted by atomic mass is 19.1. The van der Waals surface area contributed by atoms with Gasteiger partial charge in [0.05, 0.1) is 36.1 Å². The number of benzene rings is 2. The molecule has 0 bridgehead atoms. The summed E-state index contributed by atoms with van der Waals surface area (Å²) in [6.45, 7) is 1.94. The molecule has 12 heteroatoms. The van der Waals surface area contributed by atoms with E-state index in [-0.39, 0.29) is 63.3 Å². The molecule has 9 nitrogen and oxygen atoms in total. The molecule has 3 N–H and O–H groups in total. The molecule has 0 unspecified atom stereocenters. The molecule has 3 aliphatic rings. The van der Waals surface area contributed by atoms with Crippen molar-refractivity contribution in [2.45, 2.75) is 37.0 Å². The van der Waals surface area contributed by atoms with Gasteiger partial charge in [-0.05, 0) is 43.0 Å². The highest BCUT2D eigenvalue weighted by Crippen LogP contribution is 2.41. The number of anilines is 1. The van der Waals surface area contributed by atoms with Crippen LogP contribution < -0.4 is 15.6 Å². The Kier molecular flexibility index (Phi) is 6.25. The SMILES string of the molecule is C#Cc1c(F)ccc2cc(O)cc(-c3[nH]c(=O)c4c(NC5COC5)nc(OC[C@@]56CCCN5C[C@H](F)C6)nc4c3F)c12. The second kappa shape index (κ2) is 9.89. The molecule has 7 rings (SSSR count). The fraction of sp³-hybridized carbons (Fsp3) is 0.367. The molecule has 2 aromatic heterocycles. The van der Waals surface area contributed by atoms with E-state index >= 15 is 4.39 Å². The smallest absolute Gasteiger partial charge is 0.319 e. The van der Waals surface area contributed by atoms with Gasteiger partial charge in [-0.2, -0.15) is 9.97 Å². The lowest BCUT2D eigenvalue weighted by atomic mass is 9.95. The summed E-state index contributed by atoms with van der Waals surface area (Å²) in [6, 6.07) is 4.77. The lowest BCUT2D eigenvalue weighted by molar-refractivity contribution is 0.0209. The van der Waals surface area contributed by atoms with E-state index in [1.807, 2.05) is 0 Å². The number of phenols is 1. The van der Waals surface area contributed by atoms with Crippen LogP contribution in [0.15, 0.2) is 29.1 Å². The van der Waals surface area contributed by atoms with E-state index < -0.39 is 28.9 Å². The number of alkyl halides is 1. The van der Waals surface area contributed by atoms with Crippen LogP contribution in [-0.2, 0) is 4.74 Å². The van der Waals surface area contributed by atoms with Crippen LogP contribution in [0.5, 0.6) is 11.8 Å². The van der Waals surface area contributed by atoms with Gasteiger partial charge in [0.15, 0.2) is 5.82 Å². The topological polar surface area (TPSA) is 113 Å². The number of aromatic amines is 1. The number of pyridine rings is 1. The number of aromatic nitrogens is 3. The Morgan fingerprint density at radius 2 is 2.10 bits per heavy atom. The number of H-pyrrole nitrogens is 1. The lowest BCUT2D eigenvalue weighted by Crippen LogP contribution is -2.43. The minimum absolute atomic E-state index is 0.0163. The Hall–Kier alpha value is -4.34. The maximum Gasteiger partial charge on any atom is 0.319 e. The van der Waals surface area contributed by atoms with Gasteiger partial charge in [-0.15, -0.1) is 6.42 Å². The van der Waals surface area contributed by atoms with Gasteiger partial charge >= 0.3 is 6.01 Å². The molecule has 216 valence electrons. The summed E-state index contributed by atoms with van der Waals surface area (Å²) in [5, 5.41) is 13.9. The van der Waals surface area contributed by atoms with Crippen molar-refractivity contribution in [1.82, 2.24) is 19.9 Å². The first kappa shape index (κ1) is 26.6. The Morgan fingerprint density at radius 1 is 1.26 bits per heavy atom. The molecule has 0 aliphatic carbocycles. The summed E-state index contributed by atoms with van der Waals surface area (Å²) in [5.74, 6) is 0.440. The second-order valence-electron chi connectivity index (χ2n) is 11.1. The van der Waals surface area contributed by atoms with Crippen LogP contribution >= 0.6 is 0 Å². The van der Waals surface area contributed by atoms with Crippen molar-refractivity contribution < 1.29 is 27.8 Å². The van der Waals surface area contributed by atoms with Crippen molar-refractivity contribution in [2.75, 3.05) is 38.2 Å². The number of ether oxygens (including phenoxy) is 2. The molecule has 4 aromatic rings. The first-order valence-electron chi connectivity index (χ1n) is 13.7. The minimum Gasteiger partial charge on any atom is -0.508 e. The maximum atomic E-state index is 16.5. The minimum atomic E-state index is -0.962. The van der Waals surface area contributed by atoms with Crippen LogP contribution in [0, 0.1) is 24.0 Å². The summed E-state index contributed by atoms with van der Waals surface area (Å²) in [4.78, 5) is 26.8. The summed E-state index contributed by atoms with van der Waals surface area (Å²) in [7, 11) is 0. The van der Waals surface area contributed by atoms with Crippen molar-refractivity contribution in [3.8, 4) is 35.4 Å². The highest BCUT2D eigenvalue weighted by Gasteiger charge is 2.49. The van der Waals surface area contributed by atoms with Crippen LogP contribution in [-0.4, -0.2) is 75.6 Å². The van der Waals surface area contributed by atoms with Gasteiger partial charge in [0.25, 0.3) is 5.56 Å². The van der Waals surface area contributed by atoms with E-state index in [4.69, 9.17) is 15.9 Å². The number of fused-ring (bicyclic) bond motifs is 3. The predicted molar refractivity (Wildman–Crippen MR) is 149 cm³/mol. The largest absolute Gasteiger partial charge is 0.508 e. The summed E-state index contributed by atoms with van der Waals surface area (Å²) >= 11 is 0. The normalized spacial score (nSPS) is 22.3. The number of nitrogens with one attached hydrogen (secondary N) is 2. The third-order valence-electron chi connectivity index (χ3n) is 8.46. The Bertz CT molecular complexity index is 1850. The molecular formula is C30H26F3N5O4. The van der Waals surface area contributed by atoms with Crippen molar-refractivity contribution in [3.05, 3.63) is 51.8 Å². The predicted octanol–water partition coefficient (Wildman–Crippen LogP) is 3.87. The van der Waals surface area contributed by atoms with E-state index in [0.717, 1.165) is 25.5 Å². The number of hydrogen-bond donors (Lipinski definition) is 3. The molecule has 3 saturated heterocycles. The number of aromatic hydroxyl groups is 1. The van der Waals surface area contributed by atoms with Crippen LogP contribution in [0.2, 0.25) is 0 Å². The molecule has 3 aliphatic heterocycles. The van der Waals surface area contributed by atoms with Gasteiger partial charge in [0.1, 0.15) is 41.1 Å². The van der Waals surface area contributed by atoms with Gasteiger partial charge in [-0.1, -0.05) is 12.0 Å². The van der Waals surface area contributed by atoms with Crippen molar-refractivity contribution in [1.29, 1.82) is 0 Å². The molecule has 0 spiro atoms. The first-order chi connectivity index (χ1) is 20.3. The lowest BCUT2D eigenvalue weighted by Gasteiger charge is -2.31. The van der Waals surface area contributed by atoms with Gasteiger partial charge in [0, 0.05) is 23.9 Å². The average molecular weight is 578 g/mol. The molecule has 0 amide bonds. The fourth-order valence-corrected chi connectivity index (χ4v) is 6.44. The zero-order valence-corrected chi connectivity index (χ0v) is 22.3. The zero-order valence-electron chi connectivity index (χ0n) is 22.3. The monoisotopic (exact) mass is 577 g/mol. The first-order valence-corrected chi connectivity index (χ1v) is 13.7. The van der Waals surface area contributed by atoms with E-state index in [1.54, 1.807) is 0 Å². The Morgan fingerprint density at radius 3 is 2.86 bits per heavy atom. The average Bonchev–Trinajstić information content (AvgIpc) is 3.46. The number of hydrogen-bond acceptors (Lipinski definition) is 8. The number of phenolic OH excluding ortho intramolecular Hbond substituents is 1. The van der Waals surface area contributed by atoms with E-state index in [2.05, 4.69) is 31.1 Å². The van der Waals surface area contributed by atoms with Crippen LogP contribution in [0.1, 0.15) is 24.8 Å². The van der Waals surface area contributed by atoms with Gasteiger partial charge < -0.3 is 24.9 Å². The summed E-state index contributed by atoms with van der Waals surface area (Å²) in [6.07, 6.45) is 6.62. The molecule has 0 saturated carbocycles. The molecule has 3 fully saturated rings. The fourth-order valence-electron chi connectivity index (χ4n) is 6.44. The van der Waals surface area contributed by atoms with Crippen molar-refractivity contribution in [2.24, 2.45) is 0 Å². The van der Waals surface area contributed by atoms with Gasteiger partial charge in [0.2, 0.25) is 0 Å². The van der Waals surface area contributed by atoms with E-state index in [0.29, 0.717) is 31.6 Å². The molecule has 5 heterocycles. The molecule has 2 aromatic carbocycles. The Labute approximate surface area is 237 Å². The van der Waals surface area contributed by atoms with Gasteiger partial charge in [-0.3, -0.25) is 9.69 Å². The number of nitrogens with zero attached hydrogens (tertiary/aromatic N) is 3.